The van der Waals surface area contributed by atoms with E-state index >= 15 is 0 Å². The predicted molar refractivity (Wildman–Crippen MR) is 90.5 cm³/mol. The number of nitrogens with zero attached hydrogens (tertiary/aromatic N) is 2. The first-order valence-corrected chi connectivity index (χ1v) is 8.98. The van der Waals surface area contributed by atoms with Gasteiger partial charge in [0.05, 0.1) is 18.7 Å². The van der Waals surface area contributed by atoms with E-state index in [1.165, 1.54) is 11.3 Å². The standard InChI is InChI=1S/C16H25N3O3S/c1-4-19(8-12-5-6-22-9-12)14(20)7-13-10-23-16(17-13)18-15(21)11(2)3/h10-12H,4-9H2,1-3H3,(H,17,18,21)/t12-/m0/s1. The molecular weight excluding hydrogens is 314 g/mol. The third kappa shape index (κ3) is 5.28. The number of carbonyl (C=O) groups is 2. The number of rotatable bonds is 7. The van der Waals surface area contributed by atoms with Gasteiger partial charge in [-0.15, -0.1) is 11.3 Å². The van der Waals surface area contributed by atoms with E-state index in [0.29, 0.717) is 23.3 Å². The van der Waals surface area contributed by atoms with Crippen LogP contribution in [0.3, 0.4) is 0 Å². The minimum Gasteiger partial charge on any atom is -0.381 e. The number of hydrogen-bond acceptors (Lipinski definition) is 5. The summed E-state index contributed by atoms with van der Waals surface area (Å²) < 4.78 is 5.37. The lowest BCUT2D eigenvalue weighted by Gasteiger charge is -2.23. The van der Waals surface area contributed by atoms with Gasteiger partial charge in [0.2, 0.25) is 11.8 Å². The molecule has 6 nitrogen and oxygen atoms in total. The molecule has 1 aromatic heterocycles. The van der Waals surface area contributed by atoms with Crippen LogP contribution in [0, 0.1) is 11.8 Å². The van der Waals surface area contributed by atoms with E-state index in [4.69, 9.17) is 4.74 Å². The molecule has 1 atom stereocenters. The molecule has 7 heteroatoms. The van der Waals surface area contributed by atoms with Crippen LogP contribution in [0.25, 0.3) is 0 Å². The minimum atomic E-state index is -0.0896. The van der Waals surface area contributed by atoms with Gasteiger partial charge >= 0.3 is 0 Å². The van der Waals surface area contributed by atoms with Crippen LogP contribution in [0.2, 0.25) is 0 Å². The molecule has 128 valence electrons. The number of carbonyl (C=O) groups excluding carboxylic acids is 2. The van der Waals surface area contributed by atoms with Gasteiger partial charge in [0.25, 0.3) is 0 Å². The van der Waals surface area contributed by atoms with E-state index in [1.54, 1.807) is 0 Å². The van der Waals surface area contributed by atoms with Gasteiger partial charge in [-0.3, -0.25) is 9.59 Å². The average Bonchev–Trinajstić information content (AvgIpc) is 3.16. The smallest absolute Gasteiger partial charge is 0.228 e. The molecule has 0 radical (unpaired) electrons. The number of amides is 2. The van der Waals surface area contributed by atoms with Crippen molar-refractivity contribution in [2.75, 3.05) is 31.6 Å². The van der Waals surface area contributed by atoms with Crippen molar-refractivity contribution in [1.29, 1.82) is 0 Å². The van der Waals surface area contributed by atoms with Crippen molar-refractivity contribution in [1.82, 2.24) is 9.88 Å². The van der Waals surface area contributed by atoms with Crippen LogP contribution in [-0.2, 0) is 20.7 Å². The third-order valence-electron chi connectivity index (χ3n) is 3.88. The molecule has 23 heavy (non-hydrogen) atoms. The highest BCUT2D eigenvalue weighted by atomic mass is 32.1. The fourth-order valence-electron chi connectivity index (χ4n) is 2.41. The summed E-state index contributed by atoms with van der Waals surface area (Å²) in [6.45, 7) is 8.63. The maximum absolute atomic E-state index is 12.4. The monoisotopic (exact) mass is 339 g/mol. The van der Waals surface area contributed by atoms with E-state index in [2.05, 4.69) is 10.3 Å². The van der Waals surface area contributed by atoms with Gasteiger partial charge in [-0.25, -0.2) is 4.98 Å². The molecule has 0 spiro atoms. The number of likely N-dealkylation sites (N-methyl/N-ethyl adjacent to an activating group) is 1. The highest BCUT2D eigenvalue weighted by Crippen LogP contribution is 2.18. The molecular formula is C16H25N3O3S. The fraction of sp³-hybridized carbons (Fsp3) is 0.688. The second-order valence-corrected chi connectivity index (χ2v) is 6.98. The van der Waals surface area contributed by atoms with Crippen LogP contribution < -0.4 is 5.32 Å². The highest BCUT2D eigenvalue weighted by Gasteiger charge is 2.22. The van der Waals surface area contributed by atoms with Gasteiger partial charge in [0.1, 0.15) is 0 Å². The molecule has 0 aromatic carbocycles. The Labute approximate surface area is 141 Å². The lowest BCUT2D eigenvalue weighted by atomic mass is 10.1. The molecule has 1 aliphatic rings. The third-order valence-corrected chi connectivity index (χ3v) is 4.68. The minimum absolute atomic E-state index is 0.0614. The molecule has 1 aromatic rings. The number of nitrogens with one attached hydrogen (secondary N) is 1. The number of aromatic nitrogens is 1. The van der Waals surface area contributed by atoms with Crippen molar-refractivity contribution in [3.05, 3.63) is 11.1 Å². The zero-order valence-electron chi connectivity index (χ0n) is 14.0. The van der Waals surface area contributed by atoms with Crippen molar-refractivity contribution in [2.24, 2.45) is 11.8 Å². The summed E-state index contributed by atoms with van der Waals surface area (Å²) in [6.07, 6.45) is 1.29. The van der Waals surface area contributed by atoms with E-state index < -0.39 is 0 Å². The zero-order valence-corrected chi connectivity index (χ0v) is 14.8. The Bertz CT molecular complexity index is 538. The maximum Gasteiger partial charge on any atom is 0.228 e. The maximum atomic E-state index is 12.4. The largest absolute Gasteiger partial charge is 0.381 e. The molecule has 0 bridgehead atoms. The first-order chi connectivity index (χ1) is 11.0. The quantitative estimate of drug-likeness (QED) is 0.826. The molecule has 1 N–H and O–H groups in total. The predicted octanol–water partition coefficient (Wildman–Crippen LogP) is 2.17. The Balaban J connectivity index is 1.88. The Morgan fingerprint density at radius 1 is 1.52 bits per heavy atom. The van der Waals surface area contributed by atoms with Crippen molar-refractivity contribution in [2.45, 2.75) is 33.6 Å². The van der Waals surface area contributed by atoms with Crippen molar-refractivity contribution >= 4 is 28.3 Å². The summed E-state index contributed by atoms with van der Waals surface area (Å²) in [7, 11) is 0. The molecule has 0 aliphatic carbocycles. The van der Waals surface area contributed by atoms with Crippen molar-refractivity contribution in [3.63, 3.8) is 0 Å². The first-order valence-electron chi connectivity index (χ1n) is 8.10. The van der Waals surface area contributed by atoms with Gasteiger partial charge in [0.15, 0.2) is 5.13 Å². The summed E-state index contributed by atoms with van der Waals surface area (Å²) in [6, 6.07) is 0. The van der Waals surface area contributed by atoms with Crippen LogP contribution in [-0.4, -0.2) is 48.0 Å². The van der Waals surface area contributed by atoms with Gasteiger partial charge in [-0.2, -0.15) is 0 Å². The highest BCUT2D eigenvalue weighted by molar-refractivity contribution is 7.13. The number of anilines is 1. The molecule has 0 saturated carbocycles. The molecule has 2 rings (SSSR count). The van der Waals surface area contributed by atoms with E-state index in [9.17, 15) is 9.59 Å². The van der Waals surface area contributed by atoms with Crippen molar-refractivity contribution < 1.29 is 14.3 Å². The van der Waals surface area contributed by atoms with Crippen LogP contribution in [0.4, 0.5) is 5.13 Å². The van der Waals surface area contributed by atoms with Crippen molar-refractivity contribution in [3.8, 4) is 0 Å². The lowest BCUT2D eigenvalue weighted by Crippen LogP contribution is -2.36. The topological polar surface area (TPSA) is 71.5 Å². The molecule has 2 heterocycles. The summed E-state index contributed by atoms with van der Waals surface area (Å²) in [5, 5.41) is 5.15. The van der Waals surface area contributed by atoms with E-state index in [-0.39, 0.29) is 24.2 Å². The second kappa shape index (κ2) is 8.40. The summed E-state index contributed by atoms with van der Waals surface area (Å²) in [5.74, 6) is 0.364. The van der Waals surface area contributed by atoms with Crippen LogP contribution in [0.5, 0.6) is 0 Å². The lowest BCUT2D eigenvalue weighted by molar-refractivity contribution is -0.131. The van der Waals surface area contributed by atoms with E-state index in [1.807, 2.05) is 31.1 Å². The number of hydrogen-bond donors (Lipinski definition) is 1. The Hall–Kier alpha value is -1.47. The molecule has 1 fully saturated rings. The summed E-state index contributed by atoms with van der Waals surface area (Å²) in [4.78, 5) is 30.3. The Morgan fingerprint density at radius 2 is 2.30 bits per heavy atom. The summed E-state index contributed by atoms with van der Waals surface area (Å²) in [5.41, 5.74) is 0.708. The van der Waals surface area contributed by atoms with Crippen LogP contribution in [0.1, 0.15) is 32.9 Å². The zero-order chi connectivity index (χ0) is 16.8. The van der Waals surface area contributed by atoms with Gasteiger partial charge in [-0.1, -0.05) is 13.8 Å². The van der Waals surface area contributed by atoms with Crippen LogP contribution >= 0.6 is 11.3 Å². The van der Waals surface area contributed by atoms with Gasteiger partial charge < -0.3 is 15.0 Å². The fourth-order valence-corrected chi connectivity index (χ4v) is 3.12. The normalized spacial score (nSPS) is 17.5. The van der Waals surface area contributed by atoms with E-state index in [0.717, 1.165) is 26.2 Å². The van der Waals surface area contributed by atoms with Crippen LogP contribution in [0.15, 0.2) is 5.38 Å². The number of thiazole rings is 1. The van der Waals surface area contributed by atoms with Gasteiger partial charge in [-0.05, 0) is 13.3 Å². The molecule has 1 saturated heterocycles. The second-order valence-electron chi connectivity index (χ2n) is 6.13. The first kappa shape index (κ1) is 17.9. The molecule has 2 amide bonds. The summed E-state index contributed by atoms with van der Waals surface area (Å²) >= 11 is 1.36. The molecule has 0 unspecified atom stereocenters. The average molecular weight is 339 g/mol. The van der Waals surface area contributed by atoms with Gasteiger partial charge in [0, 0.05) is 36.9 Å². The SMILES string of the molecule is CCN(C[C@@H]1CCOC1)C(=O)Cc1csc(NC(=O)C(C)C)n1. The number of ether oxygens (including phenoxy) is 1. The Morgan fingerprint density at radius 3 is 2.91 bits per heavy atom. The molecule has 1 aliphatic heterocycles. The Kier molecular flexibility index (Phi) is 6.53.